The van der Waals surface area contributed by atoms with Crippen molar-refractivity contribution in [2.45, 2.75) is 25.0 Å². The Labute approximate surface area is 208 Å². The summed E-state index contributed by atoms with van der Waals surface area (Å²) in [4.78, 5) is 34.5. The standard InChI is InChI=1S/C28H24ClN3O3/c1-35-24-13-7-4-10-19(24)27-26-20(18-9-3-6-12-22(18)30-26)14-23-28(34)31(16-25(33)32(23)27)15-17-8-2-5-11-21(17)29/h2-13,23,27,30H,14-16H2,1H3/t23-,27?/m0/s1. The van der Waals surface area contributed by atoms with Crippen LogP contribution in [0.5, 0.6) is 5.75 Å². The van der Waals surface area contributed by atoms with Gasteiger partial charge in [-0.1, -0.05) is 66.2 Å². The number of nitrogens with one attached hydrogen (secondary N) is 1. The van der Waals surface area contributed by atoms with E-state index in [1.807, 2.05) is 60.7 Å². The van der Waals surface area contributed by atoms with E-state index in [-0.39, 0.29) is 18.4 Å². The molecule has 176 valence electrons. The molecule has 2 amide bonds. The first-order chi connectivity index (χ1) is 17.1. The molecule has 2 aliphatic heterocycles. The molecule has 0 bridgehead atoms. The highest BCUT2D eigenvalue weighted by molar-refractivity contribution is 6.31. The number of amides is 2. The van der Waals surface area contributed by atoms with Gasteiger partial charge >= 0.3 is 0 Å². The maximum atomic E-state index is 13.9. The summed E-state index contributed by atoms with van der Waals surface area (Å²) < 4.78 is 5.68. The highest BCUT2D eigenvalue weighted by atomic mass is 35.5. The van der Waals surface area contributed by atoms with Gasteiger partial charge in [-0.2, -0.15) is 0 Å². The van der Waals surface area contributed by atoms with Crippen molar-refractivity contribution >= 4 is 34.3 Å². The number of fused-ring (bicyclic) bond motifs is 4. The van der Waals surface area contributed by atoms with Gasteiger partial charge in [0, 0.05) is 40.1 Å². The Bertz CT molecular complexity index is 1460. The van der Waals surface area contributed by atoms with Crippen LogP contribution < -0.4 is 4.74 Å². The highest BCUT2D eigenvalue weighted by Crippen LogP contribution is 2.45. The Morgan fingerprint density at radius 2 is 1.74 bits per heavy atom. The lowest BCUT2D eigenvalue weighted by atomic mass is 9.85. The van der Waals surface area contributed by atoms with Crippen molar-refractivity contribution in [2.75, 3.05) is 13.7 Å². The van der Waals surface area contributed by atoms with Crippen LogP contribution in [0.1, 0.15) is 28.4 Å². The van der Waals surface area contributed by atoms with Crippen LogP contribution in [-0.2, 0) is 22.6 Å². The van der Waals surface area contributed by atoms with Crippen molar-refractivity contribution in [3.63, 3.8) is 0 Å². The van der Waals surface area contributed by atoms with Gasteiger partial charge in [0.1, 0.15) is 24.4 Å². The first kappa shape index (κ1) is 21.7. The van der Waals surface area contributed by atoms with Crippen molar-refractivity contribution in [3.8, 4) is 5.75 Å². The van der Waals surface area contributed by atoms with E-state index in [0.717, 1.165) is 33.3 Å². The summed E-state index contributed by atoms with van der Waals surface area (Å²) >= 11 is 6.37. The quantitative estimate of drug-likeness (QED) is 0.455. The number of carbonyl (C=O) groups is 2. The Morgan fingerprint density at radius 3 is 2.57 bits per heavy atom. The molecule has 0 radical (unpaired) electrons. The number of rotatable bonds is 4. The van der Waals surface area contributed by atoms with Gasteiger partial charge in [0.25, 0.3) is 0 Å². The summed E-state index contributed by atoms with van der Waals surface area (Å²) in [6.07, 6.45) is 0.453. The second-order valence-electron chi connectivity index (χ2n) is 9.01. The molecule has 3 heterocycles. The molecule has 0 aliphatic carbocycles. The number of aromatic nitrogens is 1. The van der Waals surface area contributed by atoms with Gasteiger partial charge in [-0.25, -0.2) is 0 Å². The number of H-pyrrole nitrogens is 1. The van der Waals surface area contributed by atoms with E-state index in [4.69, 9.17) is 16.3 Å². The molecule has 4 aromatic rings. The third kappa shape index (κ3) is 3.48. The van der Waals surface area contributed by atoms with Gasteiger partial charge in [0.15, 0.2) is 0 Å². The van der Waals surface area contributed by atoms with Gasteiger partial charge in [0.2, 0.25) is 11.8 Å². The number of aromatic amines is 1. The Morgan fingerprint density at radius 1 is 1.00 bits per heavy atom. The second kappa shape index (κ2) is 8.47. The van der Waals surface area contributed by atoms with E-state index in [2.05, 4.69) is 11.1 Å². The van der Waals surface area contributed by atoms with E-state index in [0.29, 0.717) is 23.7 Å². The summed E-state index contributed by atoms with van der Waals surface area (Å²) in [6.45, 7) is 0.302. The molecule has 35 heavy (non-hydrogen) atoms. The summed E-state index contributed by atoms with van der Waals surface area (Å²) in [6, 6.07) is 22.1. The predicted molar refractivity (Wildman–Crippen MR) is 134 cm³/mol. The molecule has 3 aromatic carbocycles. The first-order valence-corrected chi connectivity index (χ1v) is 12.0. The van der Waals surface area contributed by atoms with Gasteiger partial charge in [-0.05, 0) is 29.3 Å². The largest absolute Gasteiger partial charge is 0.496 e. The molecule has 1 aromatic heterocycles. The third-order valence-corrected chi connectivity index (χ3v) is 7.46. The topological polar surface area (TPSA) is 65.6 Å². The van der Waals surface area contributed by atoms with E-state index >= 15 is 0 Å². The number of para-hydroxylation sites is 2. The molecule has 0 spiro atoms. The van der Waals surface area contributed by atoms with Gasteiger partial charge in [-0.15, -0.1) is 0 Å². The van der Waals surface area contributed by atoms with Crippen molar-refractivity contribution in [1.82, 2.24) is 14.8 Å². The van der Waals surface area contributed by atoms with Gasteiger partial charge < -0.3 is 19.5 Å². The summed E-state index contributed by atoms with van der Waals surface area (Å²) in [5.41, 5.74) is 4.68. The lowest BCUT2D eigenvalue weighted by Crippen LogP contribution is -2.62. The maximum absolute atomic E-state index is 13.9. The van der Waals surface area contributed by atoms with Crippen LogP contribution in [0.15, 0.2) is 72.8 Å². The molecule has 7 heteroatoms. The average molecular weight is 486 g/mol. The van der Waals surface area contributed by atoms with Crippen molar-refractivity contribution in [2.24, 2.45) is 0 Å². The zero-order valence-electron chi connectivity index (χ0n) is 19.2. The average Bonchev–Trinajstić information content (AvgIpc) is 3.25. The number of carbonyl (C=O) groups excluding carboxylic acids is 2. The number of ether oxygens (including phenoxy) is 1. The summed E-state index contributed by atoms with van der Waals surface area (Å²) in [5, 5.41) is 1.66. The number of nitrogens with zero attached hydrogens (tertiary/aromatic N) is 2. The molecule has 6 nitrogen and oxygen atoms in total. The van der Waals surface area contributed by atoms with E-state index < -0.39 is 12.1 Å². The smallest absolute Gasteiger partial charge is 0.246 e. The van der Waals surface area contributed by atoms with Crippen LogP contribution in [0.25, 0.3) is 10.9 Å². The van der Waals surface area contributed by atoms with Crippen molar-refractivity contribution < 1.29 is 14.3 Å². The minimum Gasteiger partial charge on any atom is -0.496 e. The predicted octanol–water partition coefficient (Wildman–Crippen LogP) is 4.72. The van der Waals surface area contributed by atoms with Crippen LogP contribution in [-0.4, -0.2) is 46.3 Å². The monoisotopic (exact) mass is 485 g/mol. The molecule has 2 aliphatic rings. The highest BCUT2D eigenvalue weighted by Gasteiger charge is 2.48. The van der Waals surface area contributed by atoms with E-state index in [9.17, 15) is 9.59 Å². The van der Waals surface area contributed by atoms with E-state index in [1.54, 1.807) is 23.0 Å². The molecule has 0 saturated carbocycles. The lowest BCUT2D eigenvalue weighted by Gasteiger charge is -2.47. The summed E-state index contributed by atoms with van der Waals surface area (Å²) in [5.74, 6) is 0.517. The molecular formula is C28H24ClN3O3. The Balaban J connectivity index is 1.48. The fourth-order valence-electron chi connectivity index (χ4n) is 5.51. The van der Waals surface area contributed by atoms with E-state index in [1.165, 1.54) is 0 Å². The fraction of sp³-hybridized carbons (Fsp3) is 0.214. The van der Waals surface area contributed by atoms with Crippen LogP contribution in [0.4, 0.5) is 0 Å². The first-order valence-electron chi connectivity index (χ1n) is 11.6. The molecule has 1 fully saturated rings. The number of methoxy groups -OCH3 is 1. The maximum Gasteiger partial charge on any atom is 0.246 e. The van der Waals surface area contributed by atoms with Crippen molar-refractivity contribution in [1.29, 1.82) is 0 Å². The molecule has 2 atom stereocenters. The van der Waals surface area contributed by atoms with Crippen molar-refractivity contribution in [3.05, 3.63) is 100 Å². The Kier molecular flexibility index (Phi) is 5.26. The lowest BCUT2D eigenvalue weighted by molar-refractivity contribution is -0.159. The third-order valence-electron chi connectivity index (χ3n) is 7.09. The molecule has 1 unspecified atom stereocenters. The second-order valence-corrected chi connectivity index (χ2v) is 9.42. The summed E-state index contributed by atoms with van der Waals surface area (Å²) in [7, 11) is 1.62. The molecule has 1 saturated heterocycles. The Hall–Kier alpha value is -3.77. The number of hydrogen-bond acceptors (Lipinski definition) is 3. The number of benzene rings is 3. The van der Waals surface area contributed by atoms with Crippen LogP contribution in [0.2, 0.25) is 5.02 Å². The molecular weight excluding hydrogens is 462 g/mol. The number of halogens is 1. The fourth-order valence-corrected chi connectivity index (χ4v) is 5.70. The molecule has 6 rings (SSSR count). The van der Waals surface area contributed by atoms with Crippen LogP contribution >= 0.6 is 11.6 Å². The zero-order valence-corrected chi connectivity index (χ0v) is 20.0. The van der Waals surface area contributed by atoms with Gasteiger partial charge in [0.05, 0.1) is 7.11 Å². The number of piperazine rings is 1. The molecule has 1 N–H and O–H groups in total. The van der Waals surface area contributed by atoms with Gasteiger partial charge in [-0.3, -0.25) is 9.59 Å². The SMILES string of the molecule is COc1ccccc1C1c2[nH]c3ccccc3c2C[C@H]2C(=O)N(Cc3ccccc3Cl)CC(=O)N12. The van der Waals surface area contributed by atoms with Crippen LogP contribution in [0, 0.1) is 0 Å². The minimum absolute atomic E-state index is 0.00175. The normalized spacial score (nSPS) is 19.6. The number of hydrogen-bond donors (Lipinski definition) is 1. The zero-order chi connectivity index (χ0) is 24.1. The minimum atomic E-state index is -0.611. The van der Waals surface area contributed by atoms with Crippen LogP contribution in [0.3, 0.4) is 0 Å².